The normalized spacial score (nSPS) is 19.2. The number of thiophene rings is 1. The van der Waals surface area contributed by atoms with Gasteiger partial charge in [0.25, 0.3) is 0 Å². The van der Waals surface area contributed by atoms with Crippen molar-refractivity contribution in [3.63, 3.8) is 0 Å². The third kappa shape index (κ3) is 5.12. The Morgan fingerprint density at radius 1 is 1.22 bits per heavy atom. The van der Waals surface area contributed by atoms with Crippen LogP contribution in [0.4, 0.5) is 5.82 Å². The lowest BCUT2D eigenvalue weighted by Crippen LogP contribution is -2.51. The number of carbonyl (C=O) groups excluding carboxylic acids is 3. The van der Waals surface area contributed by atoms with Gasteiger partial charge in [0.2, 0.25) is 17.7 Å². The molecule has 3 aliphatic heterocycles. The number of nitrogens with zero attached hydrogens (tertiary/aromatic N) is 3. The lowest BCUT2D eigenvalue weighted by atomic mass is 9.71. The molecule has 188 valence electrons. The minimum Gasteiger partial charge on any atom is -0.387 e. The highest BCUT2D eigenvalue weighted by molar-refractivity contribution is 7.09. The summed E-state index contributed by atoms with van der Waals surface area (Å²) in [5.74, 6) is 0.170. The minimum atomic E-state index is -0.583. The van der Waals surface area contributed by atoms with Gasteiger partial charge < -0.3 is 20.2 Å². The number of anilines is 1. The van der Waals surface area contributed by atoms with Crippen LogP contribution in [0.3, 0.4) is 0 Å². The second-order valence-corrected chi connectivity index (χ2v) is 10.7. The topological polar surface area (TPSA) is 103 Å². The Morgan fingerprint density at radius 2 is 2.06 bits per heavy atom. The van der Waals surface area contributed by atoms with E-state index in [4.69, 9.17) is 5.11 Å². The van der Waals surface area contributed by atoms with Crippen molar-refractivity contribution in [2.45, 2.75) is 32.1 Å². The number of aliphatic hydroxyl groups is 1. The number of piperidine rings is 1. The standard InChI is InChI=1S/C27H30N4O4S/c32-18-24(34)31-11-7-27(8-12-31)16-21-14-20(17-28-25(21)29-26(27)35)3-4-23(33)30-9-5-19(6-10-30)15-22-2-1-13-36-22/h1-5,13-14,17,32H,6-12,15-16,18H2,(H,28,29,35)/b4-3+. The smallest absolute Gasteiger partial charge is 0.248 e. The highest BCUT2D eigenvalue weighted by Crippen LogP contribution is 2.41. The van der Waals surface area contributed by atoms with Crippen LogP contribution in [-0.2, 0) is 27.2 Å². The van der Waals surface area contributed by atoms with Crippen LogP contribution in [0.2, 0.25) is 0 Å². The summed E-state index contributed by atoms with van der Waals surface area (Å²) in [6, 6.07) is 6.19. The third-order valence-corrected chi connectivity index (χ3v) is 8.33. The number of rotatable bonds is 5. The van der Waals surface area contributed by atoms with Crippen LogP contribution in [0.1, 0.15) is 35.3 Å². The monoisotopic (exact) mass is 506 g/mol. The van der Waals surface area contributed by atoms with Gasteiger partial charge in [0, 0.05) is 49.7 Å². The molecule has 3 amide bonds. The molecule has 0 aromatic carbocycles. The summed E-state index contributed by atoms with van der Waals surface area (Å²) in [6.07, 6.45) is 10.7. The fraction of sp³-hybridized carbons (Fsp3) is 0.407. The Morgan fingerprint density at radius 3 is 2.75 bits per heavy atom. The number of hydrogen-bond acceptors (Lipinski definition) is 6. The fourth-order valence-corrected chi connectivity index (χ4v) is 5.98. The van der Waals surface area contributed by atoms with E-state index in [1.165, 1.54) is 10.5 Å². The van der Waals surface area contributed by atoms with Crippen molar-refractivity contribution >= 4 is 41.0 Å². The number of hydrogen-bond donors (Lipinski definition) is 2. The Bertz CT molecular complexity index is 1210. The maximum atomic E-state index is 12.9. The summed E-state index contributed by atoms with van der Waals surface area (Å²) in [5, 5.41) is 14.1. The van der Waals surface area contributed by atoms with E-state index in [0.717, 1.165) is 24.0 Å². The number of pyridine rings is 1. The number of amides is 3. The molecule has 0 bridgehead atoms. The first-order valence-electron chi connectivity index (χ1n) is 12.3. The predicted molar refractivity (Wildman–Crippen MR) is 138 cm³/mol. The predicted octanol–water partition coefficient (Wildman–Crippen LogP) is 2.65. The van der Waals surface area contributed by atoms with Gasteiger partial charge in [-0.3, -0.25) is 14.4 Å². The maximum absolute atomic E-state index is 12.9. The highest BCUT2D eigenvalue weighted by atomic mass is 32.1. The first-order valence-corrected chi connectivity index (χ1v) is 13.2. The first kappa shape index (κ1) is 24.4. The number of likely N-dealkylation sites (tertiary alicyclic amines) is 1. The molecule has 0 radical (unpaired) electrons. The Hall–Kier alpha value is -3.30. The van der Waals surface area contributed by atoms with Gasteiger partial charge in [0.1, 0.15) is 12.4 Å². The van der Waals surface area contributed by atoms with Crippen molar-refractivity contribution in [3.05, 3.63) is 63.5 Å². The van der Waals surface area contributed by atoms with Crippen LogP contribution in [0, 0.1) is 5.41 Å². The molecule has 0 saturated carbocycles. The molecular formula is C27H30N4O4S. The zero-order chi connectivity index (χ0) is 25.1. The third-order valence-electron chi connectivity index (χ3n) is 7.45. The Kier molecular flexibility index (Phi) is 7.02. The van der Waals surface area contributed by atoms with Crippen molar-refractivity contribution in [1.82, 2.24) is 14.8 Å². The zero-order valence-corrected chi connectivity index (χ0v) is 20.9. The first-order chi connectivity index (χ1) is 17.5. The molecule has 3 aliphatic rings. The fourth-order valence-electron chi connectivity index (χ4n) is 5.22. The van der Waals surface area contributed by atoms with Crippen molar-refractivity contribution < 1.29 is 19.5 Å². The SMILES string of the molecule is O=C(/C=C/c1cnc2c(c1)CC1(CCN(C(=O)CO)CC1)C(=O)N2)N1CC=C(Cc2cccs2)CC1. The molecule has 2 aromatic rings. The van der Waals surface area contributed by atoms with E-state index < -0.39 is 12.0 Å². The van der Waals surface area contributed by atoms with E-state index in [2.05, 4.69) is 33.9 Å². The molecule has 1 spiro atoms. The average Bonchev–Trinajstić information content (AvgIpc) is 3.41. The highest BCUT2D eigenvalue weighted by Gasteiger charge is 2.45. The van der Waals surface area contributed by atoms with Gasteiger partial charge in [0.15, 0.2) is 0 Å². The number of aliphatic hydroxyl groups excluding tert-OH is 1. The Labute approximate surface area is 214 Å². The largest absolute Gasteiger partial charge is 0.387 e. The van der Waals surface area contributed by atoms with E-state index >= 15 is 0 Å². The zero-order valence-electron chi connectivity index (χ0n) is 20.1. The van der Waals surface area contributed by atoms with E-state index in [1.54, 1.807) is 34.6 Å². The minimum absolute atomic E-state index is 0.0233. The molecule has 9 heteroatoms. The summed E-state index contributed by atoms with van der Waals surface area (Å²) in [7, 11) is 0. The van der Waals surface area contributed by atoms with Gasteiger partial charge in [-0.25, -0.2) is 4.98 Å². The van der Waals surface area contributed by atoms with Crippen molar-refractivity contribution in [3.8, 4) is 0 Å². The number of carbonyl (C=O) groups is 3. The van der Waals surface area contributed by atoms with Gasteiger partial charge in [-0.05, 0) is 60.4 Å². The maximum Gasteiger partial charge on any atom is 0.248 e. The van der Waals surface area contributed by atoms with Crippen LogP contribution in [0.25, 0.3) is 6.08 Å². The van der Waals surface area contributed by atoms with E-state index in [1.807, 2.05) is 11.0 Å². The molecule has 2 aromatic heterocycles. The summed E-state index contributed by atoms with van der Waals surface area (Å²) < 4.78 is 0. The Balaban J connectivity index is 1.21. The van der Waals surface area contributed by atoms with E-state index in [9.17, 15) is 14.4 Å². The summed E-state index contributed by atoms with van der Waals surface area (Å²) >= 11 is 1.76. The van der Waals surface area contributed by atoms with Crippen LogP contribution >= 0.6 is 11.3 Å². The van der Waals surface area contributed by atoms with Gasteiger partial charge in [-0.2, -0.15) is 0 Å². The summed E-state index contributed by atoms with van der Waals surface area (Å²) in [4.78, 5) is 46.7. The van der Waals surface area contributed by atoms with Crippen LogP contribution in [0.15, 0.2) is 47.5 Å². The van der Waals surface area contributed by atoms with E-state index in [-0.39, 0.29) is 17.7 Å². The van der Waals surface area contributed by atoms with Crippen molar-refractivity contribution in [2.75, 3.05) is 38.1 Å². The average molecular weight is 507 g/mol. The van der Waals surface area contributed by atoms with E-state index in [0.29, 0.717) is 51.3 Å². The summed E-state index contributed by atoms with van der Waals surface area (Å²) in [5.41, 5.74) is 2.55. The number of fused-ring (bicyclic) bond motifs is 1. The lowest BCUT2D eigenvalue weighted by Gasteiger charge is -2.42. The molecule has 0 atom stereocenters. The van der Waals surface area contributed by atoms with Crippen molar-refractivity contribution in [1.29, 1.82) is 0 Å². The number of nitrogens with one attached hydrogen (secondary N) is 1. The molecule has 2 N–H and O–H groups in total. The number of aromatic nitrogens is 1. The molecular weight excluding hydrogens is 476 g/mol. The van der Waals surface area contributed by atoms with Crippen LogP contribution in [-0.4, -0.2) is 70.4 Å². The molecule has 1 saturated heterocycles. The molecule has 5 rings (SSSR count). The molecule has 5 heterocycles. The van der Waals surface area contributed by atoms with Gasteiger partial charge in [-0.1, -0.05) is 17.7 Å². The van der Waals surface area contributed by atoms with Gasteiger partial charge >= 0.3 is 0 Å². The molecule has 0 aliphatic carbocycles. The second kappa shape index (κ2) is 10.4. The van der Waals surface area contributed by atoms with Gasteiger partial charge in [-0.15, -0.1) is 11.3 Å². The second-order valence-electron chi connectivity index (χ2n) is 9.71. The molecule has 0 unspecified atom stereocenters. The molecule has 1 fully saturated rings. The van der Waals surface area contributed by atoms with Crippen molar-refractivity contribution in [2.24, 2.45) is 5.41 Å². The van der Waals surface area contributed by atoms with Crippen LogP contribution < -0.4 is 5.32 Å². The summed E-state index contributed by atoms with van der Waals surface area (Å²) in [6.45, 7) is 1.72. The molecule has 8 nitrogen and oxygen atoms in total. The lowest BCUT2D eigenvalue weighted by molar-refractivity contribution is -0.140. The van der Waals surface area contributed by atoms with Crippen LogP contribution in [0.5, 0.6) is 0 Å². The quantitative estimate of drug-likeness (QED) is 0.480. The molecule has 36 heavy (non-hydrogen) atoms. The van der Waals surface area contributed by atoms with Gasteiger partial charge in [0.05, 0.1) is 5.41 Å².